The van der Waals surface area contributed by atoms with E-state index in [-0.39, 0.29) is 11.9 Å². The van der Waals surface area contributed by atoms with Gasteiger partial charge in [0.1, 0.15) is 0 Å². The van der Waals surface area contributed by atoms with Gasteiger partial charge < -0.3 is 15.1 Å². The van der Waals surface area contributed by atoms with Crippen molar-refractivity contribution in [2.75, 3.05) is 25.7 Å². The van der Waals surface area contributed by atoms with Crippen LogP contribution in [0.1, 0.15) is 29.8 Å². The first-order valence-corrected chi connectivity index (χ1v) is 6.42. The fraction of sp³-hybridized carbons (Fsp3) is 0.500. The maximum Gasteiger partial charge on any atom is 0.256 e. The average Bonchev–Trinajstić information content (AvgIpc) is 2.39. The van der Waals surface area contributed by atoms with E-state index >= 15 is 0 Å². The van der Waals surface area contributed by atoms with E-state index in [0.29, 0.717) is 24.4 Å². The van der Waals surface area contributed by atoms with Gasteiger partial charge in [0, 0.05) is 13.7 Å². The summed E-state index contributed by atoms with van der Waals surface area (Å²) >= 11 is 0. The number of aryl methyl sites for hydroxylation is 1. The number of methoxy groups -OCH3 is 1. The molecule has 106 valence electrons. The zero-order valence-electron chi connectivity index (χ0n) is 12.1. The van der Waals surface area contributed by atoms with Crippen molar-refractivity contribution in [3.05, 3.63) is 29.3 Å². The second-order valence-corrected chi connectivity index (χ2v) is 4.59. The summed E-state index contributed by atoms with van der Waals surface area (Å²) in [5, 5.41) is 0. The Balaban J connectivity index is 3.06. The van der Waals surface area contributed by atoms with Crippen molar-refractivity contribution < 1.29 is 9.53 Å². The van der Waals surface area contributed by atoms with Gasteiger partial charge in [-0.15, -0.1) is 0 Å². The van der Waals surface area contributed by atoms with E-state index in [9.17, 15) is 4.79 Å². The van der Waals surface area contributed by atoms with Gasteiger partial charge in [0.2, 0.25) is 0 Å². The molecule has 3 N–H and O–H groups in total. The number of hydrogen-bond donors (Lipinski definition) is 2. The number of carbonyl (C=O) groups excluding carboxylic acids is 1. The molecule has 1 aromatic rings. The fourth-order valence-electron chi connectivity index (χ4n) is 2.10. The summed E-state index contributed by atoms with van der Waals surface area (Å²) in [6.07, 6.45) is 0. The molecule has 1 atom stereocenters. The SMILES string of the molecule is CCN(C(=O)c1cc(C)ccc1NN)C(C)COC. The highest BCUT2D eigenvalue weighted by molar-refractivity contribution is 5.99. The molecule has 0 aliphatic rings. The summed E-state index contributed by atoms with van der Waals surface area (Å²) in [4.78, 5) is 14.4. The van der Waals surface area contributed by atoms with Gasteiger partial charge in [-0.1, -0.05) is 11.6 Å². The number of amides is 1. The summed E-state index contributed by atoms with van der Waals surface area (Å²) in [6, 6.07) is 5.60. The van der Waals surface area contributed by atoms with Crippen molar-refractivity contribution in [2.45, 2.75) is 26.8 Å². The van der Waals surface area contributed by atoms with Crippen molar-refractivity contribution in [3.63, 3.8) is 0 Å². The third-order valence-corrected chi connectivity index (χ3v) is 3.10. The highest BCUT2D eigenvalue weighted by Gasteiger charge is 2.22. The number of anilines is 1. The fourth-order valence-corrected chi connectivity index (χ4v) is 2.10. The van der Waals surface area contributed by atoms with E-state index in [2.05, 4.69) is 5.43 Å². The van der Waals surface area contributed by atoms with E-state index in [1.807, 2.05) is 39.0 Å². The van der Waals surface area contributed by atoms with Gasteiger partial charge in [0.05, 0.1) is 23.9 Å². The number of carbonyl (C=O) groups is 1. The number of nitrogens with zero attached hydrogens (tertiary/aromatic N) is 1. The smallest absolute Gasteiger partial charge is 0.256 e. The minimum absolute atomic E-state index is 0.0219. The lowest BCUT2D eigenvalue weighted by atomic mass is 10.1. The molecule has 5 heteroatoms. The third kappa shape index (κ3) is 3.68. The molecule has 0 radical (unpaired) electrons. The first-order chi connectivity index (χ1) is 9.04. The molecule has 0 bridgehead atoms. The van der Waals surface area contributed by atoms with Crippen LogP contribution in [0.25, 0.3) is 0 Å². The van der Waals surface area contributed by atoms with Gasteiger partial charge in [-0.3, -0.25) is 10.6 Å². The highest BCUT2D eigenvalue weighted by atomic mass is 16.5. The Morgan fingerprint density at radius 2 is 2.21 bits per heavy atom. The second kappa shape index (κ2) is 7.11. The number of hydrazine groups is 1. The molecule has 19 heavy (non-hydrogen) atoms. The summed E-state index contributed by atoms with van der Waals surface area (Å²) in [5.41, 5.74) is 4.83. The Morgan fingerprint density at radius 3 is 2.74 bits per heavy atom. The number of nitrogen functional groups attached to an aromatic ring is 1. The number of benzene rings is 1. The van der Waals surface area contributed by atoms with Crippen LogP contribution in [-0.2, 0) is 4.74 Å². The third-order valence-electron chi connectivity index (χ3n) is 3.10. The van der Waals surface area contributed by atoms with Crippen LogP contribution in [0.4, 0.5) is 5.69 Å². The van der Waals surface area contributed by atoms with Gasteiger partial charge in [0.25, 0.3) is 5.91 Å². The molecule has 0 aromatic heterocycles. The van der Waals surface area contributed by atoms with Crippen LogP contribution in [0.15, 0.2) is 18.2 Å². The molecule has 0 fully saturated rings. The Labute approximate surface area is 114 Å². The Kier molecular flexibility index (Phi) is 5.79. The van der Waals surface area contributed by atoms with Gasteiger partial charge in [0.15, 0.2) is 0 Å². The van der Waals surface area contributed by atoms with Gasteiger partial charge in [-0.2, -0.15) is 0 Å². The number of hydrogen-bond acceptors (Lipinski definition) is 4. The van der Waals surface area contributed by atoms with Crippen LogP contribution < -0.4 is 11.3 Å². The first kappa shape index (κ1) is 15.5. The molecular formula is C14H23N3O2. The lowest BCUT2D eigenvalue weighted by Crippen LogP contribution is -2.41. The number of nitrogens with one attached hydrogen (secondary N) is 1. The van der Waals surface area contributed by atoms with Crippen molar-refractivity contribution in [1.82, 2.24) is 4.90 Å². The Morgan fingerprint density at radius 1 is 1.53 bits per heavy atom. The predicted molar refractivity (Wildman–Crippen MR) is 77.0 cm³/mol. The number of ether oxygens (including phenoxy) is 1. The van der Waals surface area contributed by atoms with Crippen molar-refractivity contribution in [2.24, 2.45) is 5.84 Å². The largest absolute Gasteiger partial charge is 0.383 e. The average molecular weight is 265 g/mol. The molecule has 0 aliphatic carbocycles. The van der Waals surface area contributed by atoms with Gasteiger partial charge in [-0.25, -0.2) is 0 Å². The minimum atomic E-state index is -0.0382. The molecule has 0 saturated heterocycles. The standard InChI is InChI=1S/C14H23N3O2/c1-5-17(11(3)9-19-4)14(18)12-8-10(2)6-7-13(12)16-15/h6-8,11,16H,5,9,15H2,1-4H3. The normalized spacial score (nSPS) is 12.1. The molecule has 5 nitrogen and oxygen atoms in total. The van der Waals surface area contributed by atoms with Crippen LogP contribution >= 0.6 is 0 Å². The summed E-state index contributed by atoms with van der Waals surface area (Å²) in [5.74, 6) is 5.43. The number of rotatable bonds is 6. The van der Waals surface area contributed by atoms with E-state index in [1.54, 1.807) is 12.0 Å². The molecule has 0 heterocycles. The van der Waals surface area contributed by atoms with Crippen LogP contribution in [-0.4, -0.2) is 37.1 Å². The van der Waals surface area contributed by atoms with Crippen molar-refractivity contribution in [3.8, 4) is 0 Å². The van der Waals surface area contributed by atoms with Crippen molar-refractivity contribution >= 4 is 11.6 Å². The van der Waals surface area contributed by atoms with Crippen LogP contribution in [0.2, 0.25) is 0 Å². The number of nitrogens with two attached hydrogens (primary N) is 1. The molecule has 1 amide bonds. The maximum atomic E-state index is 12.6. The van der Waals surface area contributed by atoms with E-state index in [0.717, 1.165) is 5.56 Å². The first-order valence-electron chi connectivity index (χ1n) is 6.42. The lowest BCUT2D eigenvalue weighted by Gasteiger charge is -2.28. The van der Waals surface area contributed by atoms with Gasteiger partial charge in [-0.05, 0) is 32.9 Å². The Bertz CT molecular complexity index is 435. The molecule has 1 rings (SSSR count). The van der Waals surface area contributed by atoms with E-state index < -0.39 is 0 Å². The molecule has 1 unspecified atom stereocenters. The second-order valence-electron chi connectivity index (χ2n) is 4.59. The highest BCUT2D eigenvalue weighted by Crippen LogP contribution is 2.19. The van der Waals surface area contributed by atoms with Crippen LogP contribution in [0.5, 0.6) is 0 Å². The molecule has 0 saturated carbocycles. The molecule has 0 aliphatic heterocycles. The van der Waals surface area contributed by atoms with Crippen LogP contribution in [0, 0.1) is 6.92 Å². The topological polar surface area (TPSA) is 67.6 Å². The van der Waals surface area contributed by atoms with Crippen LogP contribution in [0.3, 0.4) is 0 Å². The quantitative estimate of drug-likeness (QED) is 0.607. The van der Waals surface area contributed by atoms with Gasteiger partial charge >= 0.3 is 0 Å². The summed E-state index contributed by atoms with van der Waals surface area (Å²) in [6.45, 7) is 7.01. The summed E-state index contributed by atoms with van der Waals surface area (Å²) < 4.78 is 5.12. The van der Waals surface area contributed by atoms with E-state index in [1.165, 1.54) is 0 Å². The zero-order chi connectivity index (χ0) is 14.4. The maximum absolute atomic E-state index is 12.6. The lowest BCUT2D eigenvalue weighted by molar-refractivity contribution is 0.0580. The monoisotopic (exact) mass is 265 g/mol. The van der Waals surface area contributed by atoms with Crippen molar-refractivity contribution in [1.29, 1.82) is 0 Å². The van der Waals surface area contributed by atoms with E-state index in [4.69, 9.17) is 10.6 Å². The summed E-state index contributed by atoms with van der Waals surface area (Å²) in [7, 11) is 1.63. The Hall–Kier alpha value is -1.59. The predicted octanol–water partition coefficient (Wildman–Crippen LogP) is 1.78. The minimum Gasteiger partial charge on any atom is -0.383 e. The zero-order valence-corrected chi connectivity index (χ0v) is 12.1. The molecule has 0 spiro atoms. The molecule has 1 aromatic carbocycles. The number of likely N-dealkylation sites (N-methyl/N-ethyl adjacent to an activating group) is 1. The molecular weight excluding hydrogens is 242 g/mol.